The van der Waals surface area contributed by atoms with Gasteiger partial charge in [0.25, 0.3) is 0 Å². The van der Waals surface area contributed by atoms with Crippen LogP contribution >= 0.6 is 11.8 Å². The average Bonchev–Trinajstić information content (AvgIpc) is 3.14. The van der Waals surface area contributed by atoms with Crippen molar-refractivity contribution in [2.24, 2.45) is 0 Å². The van der Waals surface area contributed by atoms with E-state index < -0.39 is 17.0 Å². The van der Waals surface area contributed by atoms with E-state index in [2.05, 4.69) is 4.98 Å². The second kappa shape index (κ2) is 7.16. The van der Waals surface area contributed by atoms with Crippen molar-refractivity contribution in [1.82, 2.24) is 9.55 Å². The van der Waals surface area contributed by atoms with Gasteiger partial charge in [-0.15, -0.1) is 0 Å². The number of rotatable bonds is 4. The number of hydrogen-bond donors (Lipinski definition) is 0. The molecule has 0 radical (unpaired) electrons. The lowest BCUT2D eigenvalue weighted by Gasteiger charge is -2.11. The van der Waals surface area contributed by atoms with Gasteiger partial charge in [0.2, 0.25) is 0 Å². The fourth-order valence-corrected chi connectivity index (χ4v) is 4.45. The SMILES string of the molecule is C[C@H]1C[C@@H](Sc2nc3cc(C(F)(F)F)ccc3n2Cc2ccccc2)C(=O)O1. The van der Waals surface area contributed by atoms with Gasteiger partial charge in [0.05, 0.1) is 23.1 Å². The summed E-state index contributed by atoms with van der Waals surface area (Å²) in [7, 11) is 0. The van der Waals surface area contributed by atoms with Gasteiger partial charge in [0, 0.05) is 6.42 Å². The molecule has 1 aliphatic heterocycles. The summed E-state index contributed by atoms with van der Waals surface area (Å²) in [6.45, 7) is 2.27. The third-order valence-corrected chi connectivity index (χ3v) is 5.79. The van der Waals surface area contributed by atoms with Crippen LogP contribution in [0.3, 0.4) is 0 Å². The standard InChI is InChI=1S/C20H17F3N2O2S/c1-12-9-17(18(26)27-12)28-19-24-15-10-14(20(21,22)23)7-8-16(15)25(19)11-13-5-3-2-4-6-13/h2-8,10,12,17H,9,11H2,1H3/t12-,17+/m0/s1. The zero-order valence-corrected chi connectivity index (χ0v) is 15.8. The zero-order valence-electron chi connectivity index (χ0n) is 14.9. The fraction of sp³-hybridized carbons (Fsp3) is 0.300. The molecule has 4 nitrogen and oxygen atoms in total. The van der Waals surface area contributed by atoms with Gasteiger partial charge in [-0.25, -0.2) is 4.98 Å². The van der Waals surface area contributed by atoms with Crippen LogP contribution in [0.4, 0.5) is 13.2 Å². The Balaban J connectivity index is 1.76. The molecule has 0 bridgehead atoms. The number of benzene rings is 2. The number of halogens is 3. The Morgan fingerprint density at radius 3 is 2.61 bits per heavy atom. The molecule has 1 saturated heterocycles. The molecule has 28 heavy (non-hydrogen) atoms. The molecule has 0 spiro atoms. The minimum Gasteiger partial charge on any atom is -0.462 e. The van der Waals surface area contributed by atoms with E-state index in [4.69, 9.17) is 4.74 Å². The highest BCUT2D eigenvalue weighted by Crippen LogP contribution is 2.36. The second-order valence-corrected chi connectivity index (χ2v) is 7.93. The molecule has 2 aromatic carbocycles. The van der Waals surface area contributed by atoms with Gasteiger partial charge in [-0.1, -0.05) is 42.1 Å². The number of thioether (sulfide) groups is 1. The zero-order chi connectivity index (χ0) is 19.9. The lowest BCUT2D eigenvalue weighted by Crippen LogP contribution is -2.11. The number of esters is 1. The van der Waals surface area contributed by atoms with E-state index in [9.17, 15) is 18.0 Å². The molecule has 4 rings (SSSR count). The smallest absolute Gasteiger partial charge is 0.416 e. The fourth-order valence-electron chi connectivity index (χ4n) is 3.24. The van der Waals surface area contributed by atoms with Gasteiger partial charge in [0.15, 0.2) is 5.16 Å². The number of ether oxygens (including phenoxy) is 1. The number of hydrogen-bond acceptors (Lipinski definition) is 4. The maximum atomic E-state index is 13.1. The van der Waals surface area contributed by atoms with E-state index in [1.54, 1.807) is 0 Å². The Morgan fingerprint density at radius 1 is 1.21 bits per heavy atom. The molecule has 1 aliphatic rings. The Hall–Kier alpha value is -2.48. The maximum Gasteiger partial charge on any atom is 0.416 e. The minimum atomic E-state index is -4.44. The number of fused-ring (bicyclic) bond motifs is 1. The topological polar surface area (TPSA) is 44.1 Å². The Kier molecular flexibility index (Phi) is 4.82. The van der Waals surface area contributed by atoms with Crippen molar-refractivity contribution in [2.75, 3.05) is 0 Å². The number of alkyl halides is 3. The Labute approximate surface area is 163 Å². The first-order valence-corrected chi connectivity index (χ1v) is 9.68. The largest absolute Gasteiger partial charge is 0.462 e. The lowest BCUT2D eigenvalue weighted by atomic mass is 10.2. The number of carbonyl (C=O) groups excluding carboxylic acids is 1. The van der Waals surface area contributed by atoms with Crippen LogP contribution < -0.4 is 0 Å². The lowest BCUT2D eigenvalue weighted by molar-refractivity contribution is -0.140. The van der Waals surface area contributed by atoms with Gasteiger partial charge < -0.3 is 9.30 Å². The Morgan fingerprint density at radius 2 is 1.96 bits per heavy atom. The van der Waals surface area contributed by atoms with E-state index >= 15 is 0 Å². The van der Waals surface area contributed by atoms with Crippen LogP contribution in [-0.2, 0) is 22.3 Å². The van der Waals surface area contributed by atoms with Gasteiger partial charge in [0.1, 0.15) is 11.4 Å². The summed E-state index contributed by atoms with van der Waals surface area (Å²) in [5.41, 5.74) is 1.10. The van der Waals surface area contributed by atoms with Crippen LogP contribution in [0, 0.1) is 0 Å². The maximum absolute atomic E-state index is 13.1. The van der Waals surface area contributed by atoms with E-state index in [0.717, 1.165) is 17.7 Å². The van der Waals surface area contributed by atoms with E-state index in [-0.39, 0.29) is 17.6 Å². The Bertz CT molecular complexity index is 1020. The molecule has 8 heteroatoms. The quantitative estimate of drug-likeness (QED) is 0.578. The molecular formula is C20H17F3N2O2S. The summed E-state index contributed by atoms with van der Waals surface area (Å²) in [5, 5.41) is 0.0950. The first kappa shape index (κ1) is 18.9. The van der Waals surface area contributed by atoms with Gasteiger partial charge in [-0.3, -0.25) is 4.79 Å². The molecule has 3 aromatic rings. The number of nitrogens with zero attached hydrogens (tertiary/aromatic N) is 2. The normalized spacial score (nSPS) is 19.9. The molecule has 146 valence electrons. The van der Waals surface area contributed by atoms with E-state index in [1.807, 2.05) is 41.8 Å². The average molecular weight is 406 g/mol. The molecule has 0 N–H and O–H groups in total. The predicted octanol–water partition coefficient (Wildman–Crippen LogP) is 4.90. The molecule has 2 heterocycles. The molecule has 0 amide bonds. The molecule has 2 atom stereocenters. The third-order valence-electron chi connectivity index (χ3n) is 4.60. The summed E-state index contributed by atoms with van der Waals surface area (Å²) in [5.74, 6) is -0.313. The molecule has 0 unspecified atom stereocenters. The monoisotopic (exact) mass is 406 g/mol. The van der Waals surface area contributed by atoms with Gasteiger partial charge in [-0.05, 0) is 30.7 Å². The van der Waals surface area contributed by atoms with Crippen molar-refractivity contribution in [2.45, 2.75) is 42.6 Å². The van der Waals surface area contributed by atoms with E-state index in [1.165, 1.54) is 17.8 Å². The minimum absolute atomic E-state index is 0.172. The summed E-state index contributed by atoms with van der Waals surface area (Å²) in [6, 6.07) is 13.1. The van der Waals surface area contributed by atoms with Crippen molar-refractivity contribution in [3.8, 4) is 0 Å². The van der Waals surface area contributed by atoms with Crippen molar-refractivity contribution in [3.05, 3.63) is 59.7 Å². The van der Waals surface area contributed by atoms with E-state index in [0.29, 0.717) is 23.6 Å². The van der Waals surface area contributed by atoms with Crippen molar-refractivity contribution < 1.29 is 22.7 Å². The summed E-state index contributed by atoms with van der Waals surface area (Å²) in [6.07, 6.45) is -4.06. The van der Waals surface area contributed by atoms with Crippen LogP contribution in [0.5, 0.6) is 0 Å². The highest BCUT2D eigenvalue weighted by Gasteiger charge is 2.35. The second-order valence-electron chi connectivity index (χ2n) is 6.76. The van der Waals surface area contributed by atoms with Crippen LogP contribution in [0.1, 0.15) is 24.5 Å². The highest BCUT2D eigenvalue weighted by atomic mass is 32.2. The summed E-state index contributed by atoms with van der Waals surface area (Å²) in [4.78, 5) is 16.5. The molecule has 1 aromatic heterocycles. The number of cyclic esters (lactones) is 1. The van der Waals surface area contributed by atoms with Crippen molar-refractivity contribution in [1.29, 1.82) is 0 Å². The number of carbonyl (C=O) groups is 1. The third kappa shape index (κ3) is 3.73. The van der Waals surface area contributed by atoms with Crippen LogP contribution in [-0.4, -0.2) is 26.9 Å². The predicted molar refractivity (Wildman–Crippen MR) is 100 cm³/mol. The molecular weight excluding hydrogens is 389 g/mol. The highest BCUT2D eigenvalue weighted by molar-refractivity contribution is 8.00. The molecule has 0 aliphatic carbocycles. The summed E-state index contributed by atoms with van der Waals surface area (Å²) < 4.78 is 46.3. The summed E-state index contributed by atoms with van der Waals surface area (Å²) >= 11 is 1.24. The van der Waals surface area contributed by atoms with Crippen molar-refractivity contribution in [3.63, 3.8) is 0 Å². The molecule has 0 saturated carbocycles. The molecule has 1 fully saturated rings. The van der Waals surface area contributed by atoms with Crippen LogP contribution in [0.25, 0.3) is 11.0 Å². The first-order valence-electron chi connectivity index (χ1n) is 8.80. The van der Waals surface area contributed by atoms with Gasteiger partial charge >= 0.3 is 12.1 Å². The van der Waals surface area contributed by atoms with Crippen LogP contribution in [0.2, 0.25) is 0 Å². The van der Waals surface area contributed by atoms with Crippen molar-refractivity contribution >= 4 is 28.8 Å². The number of imidazole rings is 1. The first-order chi connectivity index (χ1) is 13.3. The van der Waals surface area contributed by atoms with Gasteiger partial charge in [-0.2, -0.15) is 13.2 Å². The van der Waals surface area contributed by atoms with Crippen LogP contribution in [0.15, 0.2) is 53.7 Å². The number of aromatic nitrogens is 2.